The van der Waals surface area contributed by atoms with Gasteiger partial charge in [-0.15, -0.1) is 0 Å². The second-order valence-corrected chi connectivity index (χ2v) is 6.63. The Hall–Kier alpha value is -2.11. The second kappa shape index (κ2) is 6.79. The quantitative estimate of drug-likeness (QED) is 0.655. The highest BCUT2D eigenvalue weighted by molar-refractivity contribution is 9.10. The second-order valence-electron chi connectivity index (χ2n) is 5.40. The van der Waals surface area contributed by atoms with Crippen LogP contribution in [0, 0.1) is 13.8 Å². The summed E-state index contributed by atoms with van der Waals surface area (Å²) in [5, 5.41) is 7.97. The van der Waals surface area contributed by atoms with Crippen molar-refractivity contribution in [3.63, 3.8) is 0 Å². The lowest BCUT2D eigenvalue weighted by Gasteiger charge is -2.08. The Bertz CT molecular complexity index is 886. The van der Waals surface area contributed by atoms with Crippen LogP contribution in [-0.4, -0.2) is 15.7 Å². The third-order valence-electron chi connectivity index (χ3n) is 3.68. The van der Waals surface area contributed by atoms with Gasteiger partial charge in [0.15, 0.2) is 0 Å². The molecular formula is C18H15BrClN3O. The van der Waals surface area contributed by atoms with E-state index in [0.29, 0.717) is 10.6 Å². The molecule has 0 saturated carbocycles. The summed E-state index contributed by atoms with van der Waals surface area (Å²) in [5.74, 6) is -0.173. The molecule has 1 aromatic heterocycles. The van der Waals surface area contributed by atoms with Crippen molar-refractivity contribution >= 4 is 39.1 Å². The molecule has 4 nitrogen and oxygen atoms in total. The van der Waals surface area contributed by atoms with Gasteiger partial charge in [0.05, 0.1) is 21.5 Å². The third-order valence-corrected chi connectivity index (χ3v) is 5.08. The highest BCUT2D eigenvalue weighted by Crippen LogP contribution is 2.23. The van der Waals surface area contributed by atoms with Crippen LogP contribution in [0.2, 0.25) is 5.02 Å². The van der Waals surface area contributed by atoms with Gasteiger partial charge in [0.1, 0.15) is 0 Å². The van der Waals surface area contributed by atoms with E-state index in [2.05, 4.69) is 26.3 Å². The highest BCUT2D eigenvalue weighted by Gasteiger charge is 2.11. The van der Waals surface area contributed by atoms with Crippen LogP contribution in [0.5, 0.6) is 0 Å². The van der Waals surface area contributed by atoms with Crippen LogP contribution in [0.4, 0.5) is 5.69 Å². The first-order chi connectivity index (χ1) is 11.5. The van der Waals surface area contributed by atoms with Crippen LogP contribution in [0.3, 0.4) is 0 Å². The summed E-state index contributed by atoms with van der Waals surface area (Å²) in [4.78, 5) is 12.2. The van der Waals surface area contributed by atoms with Crippen molar-refractivity contribution in [1.29, 1.82) is 0 Å². The van der Waals surface area contributed by atoms with Crippen molar-refractivity contribution in [2.45, 2.75) is 13.8 Å². The van der Waals surface area contributed by atoms with E-state index in [4.69, 9.17) is 11.6 Å². The Morgan fingerprint density at radius 1 is 1.08 bits per heavy atom. The van der Waals surface area contributed by atoms with Gasteiger partial charge in [-0.2, -0.15) is 5.10 Å². The van der Waals surface area contributed by atoms with Crippen LogP contribution in [0.1, 0.15) is 21.7 Å². The molecule has 0 unspecified atom stereocenters. The number of halogens is 2. The van der Waals surface area contributed by atoms with Crippen LogP contribution in [0.15, 0.2) is 53.0 Å². The monoisotopic (exact) mass is 403 g/mol. The van der Waals surface area contributed by atoms with E-state index < -0.39 is 0 Å². The van der Waals surface area contributed by atoms with Gasteiger partial charge in [-0.25, -0.2) is 4.68 Å². The number of benzene rings is 2. The van der Waals surface area contributed by atoms with E-state index in [1.165, 1.54) is 0 Å². The summed E-state index contributed by atoms with van der Waals surface area (Å²) in [7, 11) is 0. The molecule has 1 N–H and O–H groups in total. The van der Waals surface area contributed by atoms with Gasteiger partial charge in [0, 0.05) is 16.3 Å². The average molecular weight is 405 g/mol. The van der Waals surface area contributed by atoms with Gasteiger partial charge in [0.2, 0.25) is 0 Å². The van der Waals surface area contributed by atoms with E-state index >= 15 is 0 Å². The van der Waals surface area contributed by atoms with Crippen molar-refractivity contribution in [2.75, 3.05) is 5.32 Å². The number of aromatic nitrogens is 2. The molecule has 0 bridgehead atoms. The highest BCUT2D eigenvalue weighted by atomic mass is 79.9. The van der Waals surface area contributed by atoms with Crippen molar-refractivity contribution in [3.05, 3.63) is 75.0 Å². The van der Waals surface area contributed by atoms with Crippen molar-refractivity contribution in [2.24, 2.45) is 0 Å². The number of nitrogens with zero attached hydrogens (tertiary/aromatic N) is 2. The zero-order valence-corrected chi connectivity index (χ0v) is 15.5. The van der Waals surface area contributed by atoms with Gasteiger partial charge in [-0.3, -0.25) is 4.79 Å². The minimum absolute atomic E-state index is 0.173. The van der Waals surface area contributed by atoms with Crippen LogP contribution in [-0.2, 0) is 0 Å². The molecule has 6 heteroatoms. The lowest BCUT2D eigenvalue weighted by Crippen LogP contribution is -2.11. The minimum Gasteiger partial charge on any atom is -0.322 e. The molecule has 0 saturated heterocycles. The fraction of sp³-hybridized carbons (Fsp3) is 0.111. The van der Waals surface area contributed by atoms with Crippen molar-refractivity contribution < 1.29 is 4.79 Å². The first-order valence-electron chi connectivity index (χ1n) is 7.35. The molecule has 3 rings (SSSR count). The Labute approximate surface area is 153 Å². The average Bonchev–Trinajstić information content (AvgIpc) is 2.84. The first-order valence-corrected chi connectivity index (χ1v) is 8.52. The molecule has 1 amide bonds. The van der Waals surface area contributed by atoms with E-state index in [0.717, 1.165) is 27.2 Å². The van der Waals surface area contributed by atoms with Gasteiger partial charge in [0.25, 0.3) is 5.91 Å². The molecule has 122 valence electrons. The van der Waals surface area contributed by atoms with Crippen molar-refractivity contribution in [1.82, 2.24) is 9.78 Å². The van der Waals surface area contributed by atoms with Gasteiger partial charge < -0.3 is 5.32 Å². The molecular weight excluding hydrogens is 390 g/mol. The van der Waals surface area contributed by atoms with E-state index in [1.807, 2.05) is 42.8 Å². The summed E-state index contributed by atoms with van der Waals surface area (Å²) in [6.45, 7) is 3.95. The zero-order valence-electron chi connectivity index (χ0n) is 13.2. The maximum absolute atomic E-state index is 12.2. The van der Waals surface area contributed by atoms with Gasteiger partial charge in [-0.1, -0.05) is 11.6 Å². The summed E-state index contributed by atoms with van der Waals surface area (Å²) >= 11 is 9.36. The van der Waals surface area contributed by atoms with E-state index in [9.17, 15) is 4.79 Å². The Morgan fingerprint density at radius 2 is 1.71 bits per heavy atom. The predicted octanol–water partition coefficient (Wildman–Crippen LogP) is 5.16. The lowest BCUT2D eigenvalue weighted by molar-refractivity contribution is 0.102. The van der Waals surface area contributed by atoms with E-state index in [1.54, 1.807) is 24.3 Å². The molecule has 0 aliphatic heterocycles. The maximum atomic E-state index is 12.2. The van der Waals surface area contributed by atoms with E-state index in [-0.39, 0.29) is 5.91 Å². The van der Waals surface area contributed by atoms with Gasteiger partial charge >= 0.3 is 0 Å². The number of anilines is 1. The standard InChI is InChI=1S/C18H15BrClN3O/c1-11-17(19)12(2)23(22-11)16-9-7-15(8-10-16)21-18(24)13-3-5-14(20)6-4-13/h3-10H,1-2H3,(H,21,24). The molecule has 0 aliphatic carbocycles. The molecule has 3 aromatic rings. The molecule has 0 aliphatic rings. The van der Waals surface area contributed by atoms with Crippen LogP contribution in [0.25, 0.3) is 5.69 Å². The Kier molecular flexibility index (Phi) is 4.73. The molecule has 0 atom stereocenters. The molecule has 0 spiro atoms. The number of amides is 1. The Morgan fingerprint density at radius 3 is 2.25 bits per heavy atom. The summed E-state index contributed by atoms with van der Waals surface area (Å²) < 4.78 is 2.87. The maximum Gasteiger partial charge on any atom is 0.255 e. The fourth-order valence-electron chi connectivity index (χ4n) is 2.37. The number of carbonyl (C=O) groups excluding carboxylic acids is 1. The summed E-state index contributed by atoms with van der Waals surface area (Å²) in [6, 6.07) is 14.3. The number of rotatable bonds is 3. The minimum atomic E-state index is -0.173. The fourth-order valence-corrected chi connectivity index (χ4v) is 2.74. The topological polar surface area (TPSA) is 46.9 Å². The number of hydrogen-bond donors (Lipinski definition) is 1. The summed E-state index contributed by atoms with van der Waals surface area (Å²) in [5.41, 5.74) is 4.19. The molecule has 0 fully saturated rings. The predicted molar refractivity (Wildman–Crippen MR) is 100 cm³/mol. The molecule has 1 heterocycles. The first kappa shape index (κ1) is 16.7. The number of hydrogen-bond acceptors (Lipinski definition) is 2. The Balaban J connectivity index is 1.78. The van der Waals surface area contributed by atoms with Gasteiger partial charge in [-0.05, 0) is 78.3 Å². The SMILES string of the molecule is Cc1nn(-c2ccc(NC(=O)c3ccc(Cl)cc3)cc2)c(C)c1Br. The normalized spacial score (nSPS) is 10.7. The third kappa shape index (κ3) is 3.37. The van der Waals surface area contributed by atoms with Crippen LogP contribution >= 0.6 is 27.5 Å². The summed E-state index contributed by atoms with van der Waals surface area (Å²) in [6.07, 6.45) is 0. The van der Waals surface area contributed by atoms with Crippen LogP contribution < -0.4 is 5.32 Å². The largest absolute Gasteiger partial charge is 0.322 e. The zero-order chi connectivity index (χ0) is 17.3. The molecule has 24 heavy (non-hydrogen) atoms. The number of nitrogens with one attached hydrogen (secondary N) is 1. The lowest BCUT2D eigenvalue weighted by atomic mass is 10.2. The molecule has 0 radical (unpaired) electrons. The number of carbonyl (C=O) groups is 1. The smallest absolute Gasteiger partial charge is 0.255 e. The van der Waals surface area contributed by atoms with Crippen molar-refractivity contribution in [3.8, 4) is 5.69 Å². The number of aryl methyl sites for hydroxylation is 1. The molecule has 2 aromatic carbocycles.